The van der Waals surface area contributed by atoms with Gasteiger partial charge >= 0.3 is 0 Å². The van der Waals surface area contributed by atoms with Crippen LogP contribution in [-0.2, 0) is 6.54 Å². The van der Waals surface area contributed by atoms with E-state index >= 15 is 0 Å². The van der Waals surface area contributed by atoms with Crippen LogP contribution in [0.25, 0.3) is 0 Å². The molecule has 2 rings (SSSR count). The van der Waals surface area contributed by atoms with Crippen molar-refractivity contribution in [3.8, 4) is 5.75 Å². The summed E-state index contributed by atoms with van der Waals surface area (Å²) in [7, 11) is 0. The van der Waals surface area contributed by atoms with E-state index in [-0.39, 0.29) is 5.78 Å². The van der Waals surface area contributed by atoms with Crippen molar-refractivity contribution < 1.29 is 9.53 Å². The Morgan fingerprint density at radius 3 is 2.89 bits per heavy atom. The molecule has 0 aliphatic carbocycles. The Morgan fingerprint density at radius 2 is 2.21 bits per heavy atom. The number of carbonyl (C=O) groups excluding carboxylic acids is 1. The predicted octanol–water partition coefficient (Wildman–Crippen LogP) is 3.30. The highest BCUT2D eigenvalue weighted by Crippen LogP contribution is 2.22. The van der Waals surface area contributed by atoms with Crippen molar-refractivity contribution in [2.75, 3.05) is 6.61 Å². The molecule has 0 radical (unpaired) electrons. The number of aromatic nitrogens is 2. The van der Waals surface area contributed by atoms with Crippen LogP contribution < -0.4 is 4.74 Å². The van der Waals surface area contributed by atoms with E-state index in [1.807, 2.05) is 26.0 Å². The van der Waals surface area contributed by atoms with Crippen molar-refractivity contribution in [2.45, 2.75) is 20.4 Å². The first-order chi connectivity index (χ1) is 9.17. The Bertz CT molecular complexity index is 593. The first kappa shape index (κ1) is 13.8. The fourth-order valence-electron chi connectivity index (χ4n) is 1.86. The molecule has 0 saturated carbocycles. The SMILES string of the molecule is CCOc1cccc(C(=O)c2c(Br)cnn2CC)c1. The van der Waals surface area contributed by atoms with Crippen molar-refractivity contribution in [3.63, 3.8) is 0 Å². The number of ketones is 1. The molecule has 0 saturated heterocycles. The van der Waals surface area contributed by atoms with E-state index in [1.54, 1.807) is 23.0 Å². The molecule has 1 aromatic heterocycles. The molecular weight excluding hydrogens is 308 g/mol. The third-order valence-electron chi connectivity index (χ3n) is 2.72. The molecule has 1 heterocycles. The van der Waals surface area contributed by atoms with Gasteiger partial charge in [0, 0.05) is 12.1 Å². The fraction of sp³-hybridized carbons (Fsp3) is 0.286. The van der Waals surface area contributed by atoms with Gasteiger partial charge in [-0.25, -0.2) is 0 Å². The van der Waals surface area contributed by atoms with Crippen molar-refractivity contribution in [1.82, 2.24) is 9.78 Å². The summed E-state index contributed by atoms with van der Waals surface area (Å²) in [5.41, 5.74) is 1.16. The number of nitrogens with zero attached hydrogens (tertiary/aromatic N) is 2. The van der Waals surface area contributed by atoms with E-state index < -0.39 is 0 Å². The largest absolute Gasteiger partial charge is 0.494 e. The number of aryl methyl sites for hydroxylation is 1. The molecule has 1 aromatic carbocycles. The number of rotatable bonds is 5. The molecule has 0 bridgehead atoms. The molecule has 0 unspecified atom stereocenters. The number of benzene rings is 1. The molecule has 4 nitrogen and oxygen atoms in total. The first-order valence-corrected chi connectivity index (χ1v) is 6.95. The number of halogens is 1. The van der Waals surface area contributed by atoms with Crippen LogP contribution in [0.5, 0.6) is 5.75 Å². The molecule has 2 aromatic rings. The van der Waals surface area contributed by atoms with E-state index in [4.69, 9.17) is 4.74 Å². The van der Waals surface area contributed by atoms with Gasteiger partial charge in [-0.3, -0.25) is 9.48 Å². The van der Waals surface area contributed by atoms with Gasteiger partial charge in [-0.15, -0.1) is 0 Å². The maximum absolute atomic E-state index is 12.5. The third-order valence-corrected chi connectivity index (χ3v) is 3.30. The highest BCUT2D eigenvalue weighted by Gasteiger charge is 2.18. The second-order valence-corrected chi connectivity index (χ2v) is 4.80. The highest BCUT2D eigenvalue weighted by molar-refractivity contribution is 9.10. The van der Waals surface area contributed by atoms with Crippen molar-refractivity contribution in [3.05, 3.63) is 46.2 Å². The predicted molar refractivity (Wildman–Crippen MR) is 76.6 cm³/mol. The molecule has 0 aliphatic rings. The average molecular weight is 323 g/mol. The fourth-order valence-corrected chi connectivity index (χ4v) is 2.33. The van der Waals surface area contributed by atoms with Gasteiger partial charge in [-0.05, 0) is 41.9 Å². The topological polar surface area (TPSA) is 44.1 Å². The molecule has 0 atom stereocenters. The lowest BCUT2D eigenvalue weighted by Gasteiger charge is -2.07. The van der Waals surface area contributed by atoms with E-state index in [1.165, 1.54) is 0 Å². The van der Waals surface area contributed by atoms with Gasteiger partial charge in [-0.1, -0.05) is 12.1 Å². The first-order valence-electron chi connectivity index (χ1n) is 6.16. The summed E-state index contributed by atoms with van der Waals surface area (Å²) >= 11 is 3.37. The summed E-state index contributed by atoms with van der Waals surface area (Å²) in [4.78, 5) is 12.5. The normalized spacial score (nSPS) is 10.5. The van der Waals surface area contributed by atoms with E-state index in [0.717, 1.165) is 0 Å². The Balaban J connectivity index is 2.38. The smallest absolute Gasteiger partial charge is 0.212 e. The second-order valence-electron chi connectivity index (χ2n) is 3.95. The Hall–Kier alpha value is -1.62. The summed E-state index contributed by atoms with van der Waals surface area (Å²) in [5, 5.41) is 4.16. The zero-order chi connectivity index (χ0) is 13.8. The molecule has 0 N–H and O–H groups in total. The lowest BCUT2D eigenvalue weighted by molar-refractivity contribution is 0.102. The molecule has 0 aliphatic heterocycles. The van der Waals surface area contributed by atoms with E-state index in [0.29, 0.717) is 34.6 Å². The maximum Gasteiger partial charge on any atom is 0.212 e. The minimum absolute atomic E-state index is 0.0622. The van der Waals surface area contributed by atoms with Gasteiger partial charge in [-0.2, -0.15) is 5.10 Å². The minimum atomic E-state index is -0.0622. The van der Waals surface area contributed by atoms with Crippen LogP contribution >= 0.6 is 15.9 Å². The van der Waals surface area contributed by atoms with Gasteiger partial charge in [0.05, 0.1) is 17.3 Å². The Labute approximate surface area is 120 Å². The lowest BCUT2D eigenvalue weighted by atomic mass is 10.1. The number of carbonyl (C=O) groups is 1. The summed E-state index contributed by atoms with van der Waals surface area (Å²) in [6, 6.07) is 7.20. The maximum atomic E-state index is 12.5. The van der Waals surface area contributed by atoms with Crippen LogP contribution in [0, 0.1) is 0 Å². The van der Waals surface area contributed by atoms with E-state index in [9.17, 15) is 4.79 Å². The Kier molecular flexibility index (Phi) is 4.37. The van der Waals surface area contributed by atoms with Crippen LogP contribution in [0.4, 0.5) is 0 Å². The zero-order valence-corrected chi connectivity index (χ0v) is 12.5. The number of hydrogen-bond donors (Lipinski definition) is 0. The molecular formula is C14H15BrN2O2. The molecule has 0 spiro atoms. The zero-order valence-electron chi connectivity index (χ0n) is 10.9. The van der Waals surface area contributed by atoms with Crippen LogP contribution in [-0.4, -0.2) is 22.2 Å². The van der Waals surface area contributed by atoms with Crippen LogP contribution in [0.1, 0.15) is 29.9 Å². The van der Waals surface area contributed by atoms with Gasteiger partial charge in [0.2, 0.25) is 5.78 Å². The number of ether oxygens (including phenoxy) is 1. The van der Waals surface area contributed by atoms with Crippen molar-refractivity contribution in [1.29, 1.82) is 0 Å². The van der Waals surface area contributed by atoms with Crippen LogP contribution in [0.15, 0.2) is 34.9 Å². The number of hydrogen-bond acceptors (Lipinski definition) is 3. The van der Waals surface area contributed by atoms with Gasteiger partial charge in [0.15, 0.2) is 0 Å². The van der Waals surface area contributed by atoms with E-state index in [2.05, 4.69) is 21.0 Å². The van der Waals surface area contributed by atoms with Crippen LogP contribution in [0.2, 0.25) is 0 Å². The molecule has 5 heteroatoms. The quantitative estimate of drug-likeness (QED) is 0.793. The molecule has 19 heavy (non-hydrogen) atoms. The summed E-state index contributed by atoms with van der Waals surface area (Å²) < 4.78 is 7.80. The molecule has 100 valence electrons. The van der Waals surface area contributed by atoms with Crippen LogP contribution in [0.3, 0.4) is 0 Å². The Morgan fingerprint density at radius 1 is 1.42 bits per heavy atom. The minimum Gasteiger partial charge on any atom is -0.494 e. The summed E-state index contributed by atoms with van der Waals surface area (Å²) in [6.45, 7) is 5.09. The monoisotopic (exact) mass is 322 g/mol. The third kappa shape index (κ3) is 2.87. The summed E-state index contributed by atoms with van der Waals surface area (Å²) in [6.07, 6.45) is 1.64. The summed E-state index contributed by atoms with van der Waals surface area (Å²) in [5.74, 6) is 0.639. The van der Waals surface area contributed by atoms with Gasteiger partial charge in [0.25, 0.3) is 0 Å². The standard InChI is InChI=1S/C14H15BrN2O2/c1-3-17-13(12(15)9-16-17)14(18)10-6-5-7-11(8-10)19-4-2/h5-9H,3-4H2,1-2H3. The van der Waals surface area contributed by atoms with Crippen molar-refractivity contribution in [2.24, 2.45) is 0 Å². The van der Waals surface area contributed by atoms with Crippen molar-refractivity contribution >= 4 is 21.7 Å². The van der Waals surface area contributed by atoms with Gasteiger partial charge in [0.1, 0.15) is 11.4 Å². The highest BCUT2D eigenvalue weighted by atomic mass is 79.9. The molecule has 0 amide bonds. The average Bonchev–Trinajstić information content (AvgIpc) is 2.80. The lowest BCUT2D eigenvalue weighted by Crippen LogP contribution is -2.11. The molecule has 0 fully saturated rings. The second kappa shape index (κ2) is 6.02. The van der Waals surface area contributed by atoms with Gasteiger partial charge < -0.3 is 4.74 Å².